The van der Waals surface area contributed by atoms with Crippen LogP contribution >= 0.6 is 0 Å². The third kappa shape index (κ3) is 3.48. The number of fused-ring (bicyclic) bond motifs is 1. The third-order valence-electron chi connectivity index (χ3n) is 5.03. The highest BCUT2D eigenvalue weighted by molar-refractivity contribution is 7.91. The van der Waals surface area contributed by atoms with Crippen molar-refractivity contribution in [1.29, 1.82) is 0 Å². The first-order valence-electron chi connectivity index (χ1n) is 8.33. The van der Waals surface area contributed by atoms with Crippen LogP contribution in [0.4, 0.5) is 0 Å². The number of carbonyl (C=O) groups is 1. The molecular weight excluding hydrogens is 328 g/mol. The second-order valence-corrected chi connectivity index (χ2v) is 8.51. The molecule has 0 aliphatic carbocycles. The molecule has 7 heteroatoms. The second-order valence-electron chi connectivity index (χ2n) is 6.40. The van der Waals surface area contributed by atoms with Gasteiger partial charge in [-0.05, 0) is 25.0 Å². The van der Waals surface area contributed by atoms with Gasteiger partial charge >= 0.3 is 0 Å². The molecule has 0 saturated carbocycles. The summed E-state index contributed by atoms with van der Waals surface area (Å²) in [6, 6.07) is 9.06. The van der Waals surface area contributed by atoms with E-state index in [1.807, 2.05) is 11.0 Å². The topological polar surface area (TPSA) is 66.9 Å². The van der Waals surface area contributed by atoms with E-state index in [-0.39, 0.29) is 30.4 Å². The zero-order chi connectivity index (χ0) is 17.2. The lowest BCUT2D eigenvalue weighted by molar-refractivity contribution is -0.135. The standard InChI is InChI=1S/C17H24N2O4S/c1-23-13-17(20)19-10-8-15-16(19)7-9-18(15)11-12-24(21,22)14-5-3-2-4-6-14/h2-6,15-16H,7-13H2,1H3/t15-,16-/m0/s1. The van der Waals surface area contributed by atoms with Gasteiger partial charge in [0.25, 0.3) is 0 Å². The largest absolute Gasteiger partial charge is 0.375 e. The van der Waals surface area contributed by atoms with Crippen molar-refractivity contribution in [3.05, 3.63) is 30.3 Å². The summed E-state index contributed by atoms with van der Waals surface area (Å²) in [6.45, 7) is 2.21. The average molecular weight is 352 g/mol. The first-order chi connectivity index (χ1) is 11.5. The van der Waals surface area contributed by atoms with E-state index in [0.717, 1.165) is 25.9 Å². The van der Waals surface area contributed by atoms with Crippen LogP contribution < -0.4 is 0 Å². The van der Waals surface area contributed by atoms with Gasteiger partial charge in [0.05, 0.1) is 10.6 Å². The third-order valence-corrected chi connectivity index (χ3v) is 6.74. The summed E-state index contributed by atoms with van der Waals surface area (Å²) in [6.07, 6.45) is 1.82. The molecule has 6 nitrogen and oxygen atoms in total. The SMILES string of the molecule is COCC(=O)N1CC[C@H]2[C@@H]1CCN2CCS(=O)(=O)c1ccccc1. The zero-order valence-corrected chi connectivity index (χ0v) is 14.7. The number of hydrogen-bond acceptors (Lipinski definition) is 5. The molecule has 2 heterocycles. The molecule has 24 heavy (non-hydrogen) atoms. The van der Waals surface area contributed by atoms with Crippen LogP contribution in [-0.4, -0.2) is 75.3 Å². The lowest BCUT2D eigenvalue weighted by Crippen LogP contribution is -2.41. The highest BCUT2D eigenvalue weighted by atomic mass is 32.2. The Morgan fingerprint density at radius 1 is 1.17 bits per heavy atom. The first-order valence-corrected chi connectivity index (χ1v) is 9.98. The van der Waals surface area contributed by atoms with Crippen molar-refractivity contribution in [1.82, 2.24) is 9.80 Å². The van der Waals surface area contributed by atoms with Crippen molar-refractivity contribution < 1.29 is 17.9 Å². The molecule has 1 aromatic rings. The Hall–Kier alpha value is -1.44. The lowest BCUT2D eigenvalue weighted by atomic mass is 10.1. The van der Waals surface area contributed by atoms with Crippen LogP contribution in [0.25, 0.3) is 0 Å². The number of methoxy groups -OCH3 is 1. The van der Waals surface area contributed by atoms with Gasteiger partial charge in [0, 0.05) is 38.8 Å². The number of sulfone groups is 1. The number of likely N-dealkylation sites (tertiary alicyclic amines) is 2. The van der Waals surface area contributed by atoms with Crippen LogP contribution in [0.2, 0.25) is 0 Å². The van der Waals surface area contributed by atoms with Crippen LogP contribution in [0.15, 0.2) is 35.2 Å². The van der Waals surface area contributed by atoms with Gasteiger partial charge in [-0.3, -0.25) is 9.69 Å². The van der Waals surface area contributed by atoms with Crippen molar-refractivity contribution in [3.63, 3.8) is 0 Å². The Kier molecular flexibility index (Phi) is 5.22. The van der Waals surface area contributed by atoms with E-state index < -0.39 is 9.84 Å². The van der Waals surface area contributed by atoms with E-state index in [1.165, 1.54) is 7.11 Å². The number of carbonyl (C=O) groups excluding carboxylic acids is 1. The van der Waals surface area contributed by atoms with Gasteiger partial charge in [0.2, 0.25) is 5.91 Å². The molecule has 2 aliphatic heterocycles. The molecule has 0 radical (unpaired) electrons. The molecule has 2 atom stereocenters. The molecule has 0 N–H and O–H groups in total. The molecule has 2 aliphatic rings. The lowest BCUT2D eigenvalue weighted by Gasteiger charge is -2.25. The Balaban J connectivity index is 1.59. The highest BCUT2D eigenvalue weighted by Crippen LogP contribution is 2.31. The monoisotopic (exact) mass is 352 g/mol. The Bertz CT molecular complexity index is 677. The van der Waals surface area contributed by atoms with Crippen LogP contribution in [0.3, 0.4) is 0 Å². The molecule has 0 spiro atoms. The minimum atomic E-state index is -3.26. The smallest absolute Gasteiger partial charge is 0.248 e. The summed E-state index contributed by atoms with van der Waals surface area (Å²) in [5, 5.41) is 0. The van der Waals surface area contributed by atoms with Crippen LogP contribution in [0.5, 0.6) is 0 Å². The summed E-state index contributed by atoms with van der Waals surface area (Å²) in [5.41, 5.74) is 0. The summed E-state index contributed by atoms with van der Waals surface area (Å²) < 4.78 is 29.8. The van der Waals surface area contributed by atoms with Crippen molar-refractivity contribution in [3.8, 4) is 0 Å². The van der Waals surface area contributed by atoms with Gasteiger partial charge in [-0.2, -0.15) is 0 Å². The van der Waals surface area contributed by atoms with Crippen molar-refractivity contribution in [2.75, 3.05) is 39.1 Å². The maximum atomic E-state index is 12.4. The van der Waals surface area contributed by atoms with Gasteiger partial charge in [-0.1, -0.05) is 18.2 Å². The quantitative estimate of drug-likeness (QED) is 0.757. The molecule has 0 aromatic heterocycles. The summed E-state index contributed by atoms with van der Waals surface area (Å²) in [4.78, 5) is 16.6. The van der Waals surface area contributed by atoms with Gasteiger partial charge in [0.15, 0.2) is 9.84 Å². The van der Waals surface area contributed by atoms with E-state index >= 15 is 0 Å². The molecule has 0 unspecified atom stereocenters. The number of amides is 1. The fourth-order valence-electron chi connectivity index (χ4n) is 3.85. The molecule has 1 amide bonds. The molecular formula is C17H24N2O4S. The predicted molar refractivity (Wildman–Crippen MR) is 90.5 cm³/mol. The molecule has 132 valence electrons. The zero-order valence-electron chi connectivity index (χ0n) is 13.9. The van der Waals surface area contributed by atoms with Crippen molar-refractivity contribution >= 4 is 15.7 Å². The summed E-state index contributed by atoms with van der Waals surface area (Å²) in [7, 11) is -1.73. The van der Waals surface area contributed by atoms with E-state index in [9.17, 15) is 13.2 Å². The van der Waals surface area contributed by atoms with E-state index in [1.54, 1.807) is 24.3 Å². The van der Waals surface area contributed by atoms with E-state index in [4.69, 9.17) is 4.74 Å². The fraction of sp³-hybridized carbons (Fsp3) is 0.588. The number of hydrogen-bond donors (Lipinski definition) is 0. The predicted octanol–water partition coefficient (Wildman–Crippen LogP) is 0.782. The maximum Gasteiger partial charge on any atom is 0.248 e. The highest BCUT2D eigenvalue weighted by Gasteiger charge is 2.44. The molecule has 2 fully saturated rings. The normalized spacial score (nSPS) is 24.3. The van der Waals surface area contributed by atoms with Crippen LogP contribution in [-0.2, 0) is 19.4 Å². The van der Waals surface area contributed by atoms with Gasteiger partial charge in [0.1, 0.15) is 6.61 Å². The Labute approximate surface area is 143 Å². The Morgan fingerprint density at radius 2 is 1.88 bits per heavy atom. The molecule has 1 aromatic carbocycles. The Morgan fingerprint density at radius 3 is 2.58 bits per heavy atom. The minimum Gasteiger partial charge on any atom is -0.375 e. The van der Waals surface area contributed by atoms with E-state index in [0.29, 0.717) is 11.4 Å². The van der Waals surface area contributed by atoms with E-state index in [2.05, 4.69) is 4.90 Å². The molecule has 0 bridgehead atoms. The molecule has 2 saturated heterocycles. The average Bonchev–Trinajstić information content (AvgIpc) is 3.16. The minimum absolute atomic E-state index is 0.0313. The van der Waals surface area contributed by atoms with Gasteiger partial charge in [-0.25, -0.2) is 8.42 Å². The maximum absolute atomic E-state index is 12.4. The summed E-state index contributed by atoms with van der Waals surface area (Å²) >= 11 is 0. The fourth-order valence-corrected chi connectivity index (χ4v) is 5.13. The van der Waals surface area contributed by atoms with Crippen molar-refractivity contribution in [2.45, 2.75) is 29.8 Å². The van der Waals surface area contributed by atoms with Gasteiger partial charge in [-0.15, -0.1) is 0 Å². The number of rotatable bonds is 6. The van der Waals surface area contributed by atoms with Crippen LogP contribution in [0.1, 0.15) is 12.8 Å². The summed E-state index contributed by atoms with van der Waals surface area (Å²) in [5.74, 6) is 0.149. The first kappa shape index (κ1) is 17.4. The molecule has 3 rings (SSSR count). The van der Waals surface area contributed by atoms with Crippen LogP contribution in [0, 0.1) is 0 Å². The van der Waals surface area contributed by atoms with Crippen molar-refractivity contribution in [2.24, 2.45) is 0 Å². The van der Waals surface area contributed by atoms with Gasteiger partial charge < -0.3 is 9.64 Å². The number of ether oxygens (including phenoxy) is 1. The number of nitrogens with zero attached hydrogens (tertiary/aromatic N) is 2. The number of benzene rings is 1. The second kappa shape index (κ2) is 7.21.